The van der Waals surface area contributed by atoms with Gasteiger partial charge in [-0.3, -0.25) is 4.90 Å². The number of rotatable bonds is 7. The molecule has 0 bridgehead atoms. The summed E-state index contributed by atoms with van der Waals surface area (Å²) in [6, 6.07) is 2.21. The molecule has 1 unspecified atom stereocenters. The quantitative estimate of drug-likeness (QED) is 0.787. The lowest BCUT2D eigenvalue weighted by Crippen LogP contribution is -2.34. The SMILES string of the molecule is Cc1nncn1CCN(Cc1ccsc1)CC1CCCO1. The molecule has 1 aliphatic heterocycles. The monoisotopic (exact) mass is 306 g/mol. The number of nitrogens with zero attached hydrogens (tertiary/aromatic N) is 4. The van der Waals surface area contributed by atoms with E-state index >= 15 is 0 Å². The van der Waals surface area contributed by atoms with Gasteiger partial charge in [0.2, 0.25) is 0 Å². The molecule has 0 saturated carbocycles. The van der Waals surface area contributed by atoms with Gasteiger partial charge in [0.15, 0.2) is 0 Å². The van der Waals surface area contributed by atoms with Gasteiger partial charge < -0.3 is 9.30 Å². The summed E-state index contributed by atoms with van der Waals surface area (Å²) in [7, 11) is 0. The van der Waals surface area contributed by atoms with Gasteiger partial charge in [-0.05, 0) is 42.2 Å². The first-order chi connectivity index (χ1) is 10.3. The Morgan fingerprint density at radius 1 is 1.52 bits per heavy atom. The topological polar surface area (TPSA) is 43.2 Å². The first-order valence-electron chi connectivity index (χ1n) is 7.51. The highest BCUT2D eigenvalue weighted by Crippen LogP contribution is 2.16. The van der Waals surface area contributed by atoms with Crippen molar-refractivity contribution < 1.29 is 4.74 Å². The first-order valence-corrected chi connectivity index (χ1v) is 8.45. The standard InChI is InChI=1S/C15H22N4OS/c1-13-17-16-12-19(13)6-5-18(9-14-4-8-21-11-14)10-15-3-2-7-20-15/h4,8,11-12,15H,2-3,5-7,9-10H2,1H3. The zero-order valence-electron chi connectivity index (χ0n) is 12.4. The fourth-order valence-electron chi connectivity index (χ4n) is 2.73. The van der Waals surface area contributed by atoms with Gasteiger partial charge in [0, 0.05) is 32.8 Å². The number of hydrogen-bond acceptors (Lipinski definition) is 5. The van der Waals surface area contributed by atoms with Crippen LogP contribution < -0.4 is 0 Å². The highest BCUT2D eigenvalue weighted by atomic mass is 32.1. The molecule has 0 N–H and O–H groups in total. The van der Waals surface area contributed by atoms with E-state index in [0.29, 0.717) is 6.10 Å². The number of hydrogen-bond donors (Lipinski definition) is 0. The van der Waals surface area contributed by atoms with Gasteiger partial charge in [-0.2, -0.15) is 11.3 Å². The van der Waals surface area contributed by atoms with Gasteiger partial charge >= 0.3 is 0 Å². The molecule has 6 heteroatoms. The second-order valence-corrected chi connectivity index (χ2v) is 6.35. The average molecular weight is 306 g/mol. The van der Waals surface area contributed by atoms with Crippen LogP contribution >= 0.6 is 11.3 Å². The van der Waals surface area contributed by atoms with Crippen molar-refractivity contribution in [3.05, 3.63) is 34.5 Å². The van der Waals surface area contributed by atoms with Gasteiger partial charge in [0.25, 0.3) is 0 Å². The van der Waals surface area contributed by atoms with Crippen molar-refractivity contribution in [2.24, 2.45) is 0 Å². The Kier molecular flexibility index (Phi) is 5.00. The van der Waals surface area contributed by atoms with Crippen LogP contribution in [-0.4, -0.2) is 45.5 Å². The first kappa shape index (κ1) is 14.7. The van der Waals surface area contributed by atoms with Crippen molar-refractivity contribution in [3.8, 4) is 0 Å². The second kappa shape index (κ2) is 7.15. The van der Waals surface area contributed by atoms with Crippen molar-refractivity contribution in [2.75, 3.05) is 19.7 Å². The molecule has 1 fully saturated rings. The van der Waals surface area contributed by atoms with Crippen LogP contribution in [0.2, 0.25) is 0 Å². The van der Waals surface area contributed by atoms with E-state index in [-0.39, 0.29) is 0 Å². The Balaban J connectivity index is 1.58. The van der Waals surface area contributed by atoms with E-state index in [9.17, 15) is 0 Å². The summed E-state index contributed by atoms with van der Waals surface area (Å²) in [5.41, 5.74) is 1.39. The fourth-order valence-corrected chi connectivity index (χ4v) is 3.39. The molecule has 0 spiro atoms. The Morgan fingerprint density at radius 2 is 2.48 bits per heavy atom. The third kappa shape index (κ3) is 4.12. The molecule has 0 aromatic carbocycles. The summed E-state index contributed by atoms with van der Waals surface area (Å²) in [4.78, 5) is 2.48. The summed E-state index contributed by atoms with van der Waals surface area (Å²) in [5, 5.41) is 12.4. The minimum Gasteiger partial charge on any atom is -0.377 e. The lowest BCUT2D eigenvalue weighted by Gasteiger charge is -2.25. The van der Waals surface area contributed by atoms with Crippen molar-refractivity contribution in [1.82, 2.24) is 19.7 Å². The van der Waals surface area contributed by atoms with Crippen LogP contribution in [0.1, 0.15) is 24.2 Å². The molecule has 0 aliphatic carbocycles. The Bertz CT molecular complexity index is 534. The highest BCUT2D eigenvalue weighted by Gasteiger charge is 2.19. The van der Waals surface area contributed by atoms with Crippen LogP contribution in [0, 0.1) is 6.92 Å². The van der Waals surface area contributed by atoms with E-state index in [1.165, 1.54) is 18.4 Å². The largest absolute Gasteiger partial charge is 0.377 e. The minimum absolute atomic E-state index is 0.394. The Labute approximate surface area is 129 Å². The molecule has 3 rings (SSSR count). The number of aromatic nitrogens is 3. The van der Waals surface area contributed by atoms with Gasteiger partial charge in [0.05, 0.1) is 6.10 Å². The van der Waals surface area contributed by atoms with E-state index in [1.54, 1.807) is 11.3 Å². The lowest BCUT2D eigenvalue weighted by molar-refractivity contribution is 0.0693. The highest BCUT2D eigenvalue weighted by molar-refractivity contribution is 7.07. The maximum atomic E-state index is 5.79. The van der Waals surface area contributed by atoms with E-state index < -0.39 is 0 Å². The molecular formula is C15H22N4OS. The van der Waals surface area contributed by atoms with Gasteiger partial charge in [-0.1, -0.05) is 0 Å². The zero-order chi connectivity index (χ0) is 14.5. The number of thiophene rings is 1. The number of aryl methyl sites for hydroxylation is 1. The van der Waals surface area contributed by atoms with E-state index in [2.05, 4.69) is 36.5 Å². The molecule has 3 heterocycles. The Hall–Kier alpha value is -1.24. The molecule has 114 valence electrons. The molecule has 1 aliphatic rings. The van der Waals surface area contributed by atoms with Crippen LogP contribution in [0.15, 0.2) is 23.2 Å². The summed E-state index contributed by atoms with van der Waals surface area (Å²) in [6.07, 6.45) is 4.59. The van der Waals surface area contributed by atoms with Gasteiger partial charge in [0.1, 0.15) is 12.2 Å². The molecule has 0 radical (unpaired) electrons. The predicted octanol–water partition coefficient (Wildman–Crippen LogP) is 2.33. The van der Waals surface area contributed by atoms with Crippen molar-refractivity contribution >= 4 is 11.3 Å². The number of ether oxygens (including phenoxy) is 1. The van der Waals surface area contributed by atoms with Gasteiger partial charge in [-0.25, -0.2) is 0 Å². The van der Waals surface area contributed by atoms with Crippen LogP contribution in [-0.2, 0) is 17.8 Å². The predicted molar refractivity (Wildman–Crippen MR) is 83.3 cm³/mol. The van der Waals surface area contributed by atoms with E-state index in [4.69, 9.17) is 4.74 Å². The maximum Gasteiger partial charge on any atom is 0.129 e. The molecule has 1 saturated heterocycles. The molecule has 5 nitrogen and oxygen atoms in total. The molecule has 1 atom stereocenters. The van der Waals surface area contributed by atoms with Crippen molar-refractivity contribution in [3.63, 3.8) is 0 Å². The molecular weight excluding hydrogens is 284 g/mol. The second-order valence-electron chi connectivity index (χ2n) is 5.57. The summed E-state index contributed by atoms with van der Waals surface area (Å²) < 4.78 is 7.90. The Morgan fingerprint density at radius 3 is 3.14 bits per heavy atom. The van der Waals surface area contributed by atoms with E-state index in [1.807, 2.05) is 13.3 Å². The molecule has 0 amide bonds. The van der Waals surface area contributed by atoms with Crippen LogP contribution in [0.5, 0.6) is 0 Å². The molecule has 2 aromatic heterocycles. The van der Waals surface area contributed by atoms with Crippen molar-refractivity contribution in [1.29, 1.82) is 0 Å². The lowest BCUT2D eigenvalue weighted by atomic mass is 10.2. The third-order valence-corrected chi connectivity index (χ3v) is 4.67. The van der Waals surface area contributed by atoms with Crippen LogP contribution in [0.3, 0.4) is 0 Å². The van der Waals surface area contributed by atoms with Crippen LogP contribution in [0.25, 0.3) is 0 Å². The normalized spacial score (nSPS) is 18.7. The smallest absolute Gasteiger partial charge is 0.129 e. The summed E-state index contributed by atoms with van der Waals surface area (Å²) in [6.45, 7) is 6.84. The van der Waals surface area contributed by atoms with Crippen molar-refractivity contribution in [2.45, 2.75) is 39.0 Å². The summed E-state index contributed by atoms with van der Waals surface area (Å²) in [5.74, 6) is 0.975. The molecule has 21 heavy (non-hydrogen) atoms. The van der Waals surface area contributed by atoms with Crippen LogP contribution in [0.4, 0.5) is 0 Å². The fraction of sp³-hybridized carbons (Fsp3) is 0.600. The van der Waals surface area contributed by atoms with E-state index in [0.717, 1.165) is 38.6 Å². The summed E-state index contributed by atoms with van der Waals surface area (Å²) >= 11 is 1.76. The molecule has 2 aromatic rings. The average Bonchev–Trinajstić information content (AvgIpc) is 3.19. The van der Waals surface area contributed by atoms with Gasteiger partial charge in [-0.15, -0.1) is 10.2 Å². The zero-order valence-corrected chi connectivity index (χ0v) is 13.3. The third-order valence-electron chi connectivity index (χ3n) is 3.94. The maximum absolute atomic E-state index is 5.79. The minimum atomic E-state index is 0.394.